The highest BCUT2D eigenvalue weighted by Crippen LogP contribution is 2.25. The van der Waals surface area contributed by atoms with Crippen LogP contribution in [-0.4, -0.2) is 12.4 Å². The van der Waals surface area contributed by atoms with Gasteiger partial charge in [-0.1, -0.05) is 41.9 Å². The maximum atomic E-state index is 11.8. The minimum Gasteiger partial charge on any atom is -0.484 e. The van der Waals surface area contributed by atoms with Gasteiger partial charge < -0.3 is 4.74 Å². The smallest absolute Gasteiger partial charge is 0.200 e. The Bertz CT molecular complexity index is 632. The Morgan fingerprint density at radius 2 is 1.95 bits per heavy atom. The molecule has 2 rings (SSSR count). The molecule has 0 unspecified atom stereocenters. The van der Waals surface area contributed by atoms with Crippen molar-refractivity contribution in [2.45, 2.75) is 0 Å². The normalized spacial score (nSPS) is 9.68. The Morgan fingerprint density at radius 1 is 1.21 bits per heavy atom. The average molecular weight is 272 g/mol. The molecule has 4 heteroatoms. The summed E-state index contributed by atoms with van der Waals surface area (Å²) in [4.78, 5) is 11.8. The van der Waals surface area contributed by atoms with Crippen molar-refractivity contribution in [1.82, 2.24) is 0 Å². The second-order valence-corrected chi connectivity index (χ2v) is 4.24. The number of hydrogen-bond acceptors (Lipinski definition) is 3. The van der Waals surface area contributed by atoms with Crippen molar-refractivity contribution in [3.8, 4) is 11.8 Å². The summed E-state index contributed by atoms with van der Waals surface area (Å²) < 4.78 is 5.36. The average Bonchev–Trinajstić information content (AvgIpc) is 2.46. The number of Topliss-reactive ketones (excluding diaryl/α,β-unsaturated/α-hetero) is 1. The number of carbonyl (C=O) groups excluding carboxylic acids is 1. The van der Waals surface area contributed by atoms with Crippen molar-refractivity contribution >= 4 is 17.4 Å². The van der Waals surface area contributed by atoms with Crippen LogP contribution in [0.25, 0.3) is 0 Å². The standard InChI is InChI=1S/C15H10ClNO2/c16-13-8-11(9-17)6-7-15(13)19-10-14(18)12-4-2-1-3-5-12/h1-8H,10H2. The number of benzene rings is 2. The van der Waals surface area contributed by atoms with E-state index < -0.39 is 0 Å². The van der Waals surface area contributed by atoms with Crippen LogP contribution in [0.3, 0.4) is 0 Å². The molecular weight excluding hydrogens is 262 g/mol. The zero-order valence-corrected chi connectivity index (χ0v) is 10.7. The van der Waals surface area contributed by atoms with Gasteiger partial charge in [-0.3, -0.25) is 4.79 Å². The highest BCUT2D eigenvalue weighted by atomic mass is 35.5. The molecule has 0 N–H and O–H groups in total. The second-order valence-electron chi connectivity index (χ2n) is 3.83. The molecule has 19 heavy (non-hydrogen) atoms. The fraction of sp³-hybridized carbons (Fsp3) is 0.0667. The molecule has 2 aromatic carbocycles. The molecule has 0 aromatic heterocycles. The highest BCUT2D eigenvalue weighted by molar-refractivity contribution is 6.32. The summed E-state index contributed by atoms with van der Waals surface area (Å²) in [6.07, 6.45) is 0. The number of ether oxygens (including phenoxy) is 1. The van der Waals surface area contributed by atoms with Gasteiger partial charge in [0.2, 0.25) is 0 Å². The van der Waals surface area contributed by atoms with Gasteiger partial charge in [-0.15, -0.1) is 0 Å². The predicted octanol–water partition coefficient (Wildman–Crippen LogP) is 3.47. The van der Waals surface area contributed by atoms with E-state index in [2.05, 4.69) is 0 Å². The zero-order chi connectivity index (χ0) is 13.7. The molecular formula is C15H10ClNO2. The molecule has 3 nitrogen and oxygen atoms in total. The minimum atomic E-state index is -0.124. The van der Waals surface area contributed by atoms with Gasteiger partial charge in [0.1, 0.15) is 5.75 Å². The lowest BCUT2D eigenvalue weighted by Crippen LogP contribution is -2.11. The Balaban J connectivity index is 2.04. The molecule has 0 heterocycles. The van der Waals surface area contributed by atoms with Crippen molar-refractivity contribution < 1.29 is 9.53 Å². The van der Waals surface area contributed by atoms with E-state index in [0.717, 1.165) is 0 Å². The third-order valence-electron chi connectivity index (χ3n) is 2.52. The van der Waals surface area contributed by atoms with Gasteiger partial charge in [-0.25, -0.2) is 0 Å². The lowest BCUT2D eigenvalue weighted by molar-refractivity contribution is 0.0921. The van der Waals surface area contributed by atoms with Crippen LogP contribution in [-0.2, 0) is 0 Å². The largest absolute Gasteiger partial charge is 0.484 e. The Morgan fingerprint density at radius 3 is 2.58 bits per heavy atom. The van der Waals surface area contributed by atoms with E-state index >= 15 is 0 Å². The number of ketones is 1. The van der Waals surface area contributed by atoms with Crippen molar-refractivity contribution in [3.05, 3.63) is 64.7 Å². The summed E-state index contributed by atoms with van der Waals surface area (Å²) in [6, 6.07) is 15.5. The number of hydrogen-bond donors (Lipinski definition) is 0. The molecule has 0 saturated heterocycles. The van der Waals surface area contributed by atoms with E-state index in [1.165, 1.54) is 6.07 Å². The van der Waals surface area contributed by atoms with Crippen LogP contribution < -0.4 is 4.74 Å². The summed E-state index contributed by atoms with van der Waals surface area (Å²) in [5, 5.41) is 9.04. The number of nitriles is 1. The Kier molecular flexibility index (Phi) is 4.17. The van der Waals surface area contributed by atoms with Gasteiger partial charge >= 0.3 is 0 Å². The molecule has 0 fully saturated rings. The number of carbonyl (C=O) groups is 1. The lowest BCUT2D eigenvalue weighted by atomic mass is 10.1. The summed E-state index contributed by atoms with van der Waals surface area (Å²) in [5.74, 6) is 0.269. The van der Waals surface area contributed by atoms with Gasteiger partial charge in [-0.05, 0) is 18.2 Å². The summed E-state index contributed by atoms with van der Waals surface area (Å²) in [5.41, 5.74) is 1.04. The third-order valence-corrected chi connectivity index (χ3v) is 2.81. The first-order valence-electron chi connectivity index (χ1n) is 5.61. The second kappa shape index (κ2) is 6.03. The van der Waals surface area contributed by atoms with Crippen molar-refractivity contribution in [3.63, 3.8) is 0 Å². The molecule has 0 atom stereocenters. The van der Waals surface area contributed by atoms with Crippen molar-refractivity contribution in [1.29, 1.82) is 5.26 Å². The lowest BCUT2D eigenvalue weighted by Gasteiger charge is -2.07. The van der Waals surface area contributed by atoms with E-state index in [0.29, 0.717) is 21.9 Å². The maximum Gasteiger partial charge on any atom is 0.200 e. The van der Waals surface area contributed by atoms with Crippen LogP contribution in [0, 0.1) is 11.3 Å². The van der Waals surface area contributed by atoms with Crippen LogP contribution in [0.5, 0.6) is 5.75 Å². The van der Waals surface area contributed by atoms with E-state index in [1.54, 1.807) is 36.4 Å². The number of nitrogens with zero attached hydrogens (tertiary/aromatic N) is 1. The van der Waals surface area contributed by atoms with Crippen molar-refractivity contribution in [2.75, 3.05) is 6.61 Å². The fourth-order valence-corrected chi connectivity index (χ4v) is 1.77. The van der Waals surface area contributed by atoms with Gasteiger partial charge in [0, 0.05) is 5.56 Å². The summed E-state index contributed by atoms with van der Waals surface area (Å²) in [7, 11) is 0. The first kappa shape index (κ1) is 13.1. The molecule has 0 amide bonds. The topological polar surface area (TPSA) is 50.1 Å². The van der Waals surface area contributed by atoms with Crippen LogP contribution in [0.2, 0.25) is 5.02 Å². The van der Waals surface area contributed by atoms with Gasteiger partial charge in [0.05, 0.1) is 16.7 Å². The first-order valence-corrected chi connectivity index (χ1v) is 5.99. The fourth-order valence-electron chi connectivity index (χ4n) is 1.54. The quantitative estimate of drug-likeness (QED) is 0.800. The van der Waals surface area contributed by atoms with Crippen LogP contribution in [0.1, 0.15) is 15.9 Å². The molecule has 2 aromatic rings. The van der Waals surface area contributed by atoms with Crippen molar-refractivity contribution in [2.24, 2.45) is 0 Å². The third kappa shape index (κ3) is 3.34. The number of rotatable bonds is 4. The van der Waals surface area contributed by atoms with E-state index in [4.69, 9.17) is 21.6 Å². The van der Waals surface area contributed by atoms with Gasteiger partial charge in [-0.2, -0.15) is 5.26 Å². The van der Waals surface area contributed by atoms with Crippen LogP contribution >= 0.6 is 11.6 Å². The first-order chi connectivity index (χ1) is 9.20. The van der Waals surface area contributed by atoms with Gasteiger partial charge in [0.15, 0.2) is 12.4 Å². The molecule has 0 radical (unpaired) electrons. The molecule has 0 aliphatic heterocycles. The van der Waals surface area contributed by atoms with Crippen LogP contribution in [0.4, 0.5) is 0 Å². The molecule has 0 aliphatic carbocycles. The molecule has 0 spiro atoms. The van der Waals surface area contributed by atoms with E-state index in [1.807, 2.05) is 12.1 Å². The van der Waals surface area contributed by atoms with Gasteiger partial charge in [0.25, 0.3) is 0 Å². The van der Waals surface area contributed by atoms with E-state index in [-0.39, 0.29) is 12.4 Å². The summed E-state index contributed by atoms with van der Waals surface area (Å²) >= 11 is 5.95. The predicted molar refractivity (Wildman–Crippen MR) is 72.4 cm³/mol. The molecule has 0 bridgehead atoms. The highest BCUT2D eigenvalue weighted by Gasteiger charge is 2.08. The maximum absolute atomic E-state index is 11.8. The van der Waals surface area contributed by atoms with Crippen LogP contribution in [0.15, 0.2) is 48.5 Å². The zero-order valence-electron chi connectivity index (χ0n) is 9.97. The molecule has 94 valence electrons. The van der Waals surface area contributed by atoms with E-state index in [9.17, 15) is 4.79 Å². The number of halogens is 1. The molecule has 0 aliphatic rings. The SMILES string of the molecule is N#Cc1ccc(OCC(=O)c2ccccc2)c(Cl)c1. The Hall–Kier alpha value is -2.31. The summed E-state index contributed by atoms with van der Waals surface area (Å²) in [6.45, 7) is -0.0877. The Labute approximate surface area is 116 Å². The molecule has 0 saturated carbocycles. The monoisotopic (exact) mass is 271 g/mol. The minimum absolute atomic E-state index is 0.0877.